The summed E-state index contributed by atoms with van der Waals surface area (Å²) >= 11 is 1.57. The molecule has 0 spiro atoms. The molecule has 7 heteroatoms. The Morgan fingerprint density at radius 2 is 2.19 bits per heavy atom. The minimum absolute atomic E-state index is 0.143. The van der Waals surface area contributed by atoms with Gasteiger partial charge in [-0.3, -0.25) is 9.59 Å². The molecule has 138 valence electrons. The molecule has 0 radical (unpaired) electrons. The number of benzene rings is 1. The van der Waals surface area contributed by atoms with E-state index in [1.165, 1.54) is 0 Å². The SMILES string of the molecule is Cc1nc(COc2cccc(C(=O)N(CC(C)C(=O)O)C3CC3)c2)cs1. The minimum atomic E-state index is -0.890. The molecule has 1 amide bonds. The highest BCUT2D eigenvalue weighted by atomic mass is 32.1. The van der Waals surface area contributed by atoms with E-state index < -0.39 is 11.9 Å². The Morgan fingerprint density at radius 1 is 1.42 bits per heavy atom. The summed E-state index contributed by atoms with van der Waals surface area (Å²) in [5.74, 6) is -1.02. The standard InChI is InChI=1S/C19H22N2O4S/c1-12(19(23)24)9-21(16-6-7-16)18(22)14-4-3-5-17(8-14)25-10-15-11-26-13(2)20-15/h3-5,8,11-12,16H,6-7,9-10H2,1-2H3,(H,23,24). The van der Waals surface area contributed by atoms with Crippen LogP contribution in [0, 0.1) is 12.8 Å². The lowest BCUT2D eigenvalue weighted by Gasteiger charge is -2.24. The summed E-state index contributed by atoms with van der Waals surface area (Å²) in [6, 6.07) is 7.18. The van der Waals surface area contributed by atoms with Gasteiger partial charge < -0.3 is 14.7 Å². The lowest BCUT2D eigenvalue weighted by Crippen LogP contribution is -2.38. The molecular formula is C19H22N2O4S. The van der Waals surface area contributed by atoms with Gasteiger partial charge in [-0.25, -0.2) is 4.98 Å². The smallest absolute Gasteiger partial charge is 0.308 e. The Balaban J connectivity index is 1.69. The molecule has 1 heterocycles. The minimum Gasteiger partial charge on any atom is -0.487 e. The van der Waals surface area contributed by atoms with Crippen LogP contribution in [-0.4, -0.2) is 39.5 Å². The van der Waals surface area contributed by atoms with Crippen molar-refractivity contribution in [2.45, 2.75) is 39.3 Å². The number of amides is 1. The van der Waals surface area contributed by atoms with Crippen LogP contribution in [0.4, 0.5) is 0 Å². The van der Waals surface area contributed by atoms with E-state index >= 15 is 0 Å². The molecule has 1 N–H and O–H groups in total. The normalized spacial score (nSPS) is 14.7. The predicted molar refractivity (Wildman–Crippen MR) is 98.5 cm³/mol. The van der Waals surface area contributed by atoms with E-state index in [4.69, 9.17) is 9.84 Å². The average Bonchev–Trinajstić information content (AvgIpc) is 3.38. The van der Waals surface area contributed by atoms with Gasteiger partial charge in [0.25, 0.3) is 5.91 Å². The van der Waals surface area contributed by atoms with Crippen LogP contribution < -0.4 is 4.74 Å². The van der Waals surface area contributed by atoms with Crippen molar-refractivity contribution >= 4 is 23.2 Å². The second-order valence-corrected chi connectivity index (χ2v) is 7.66. The maximum absolute atomic E-state index is 12.9. The molecule has 1 aromatic heterocycles. The van der Waals surface area contributed by atoms with E-state index in [1.54, 1.807) is 47.4 Å². The molecule has 1 saturated carbocycles. The van der Waals surface area contributed by atoms with Crippen molar-refractivity contribution < 1.29 is 19.4 Å². The lowest BCUT2D eigenvalue weighted by atomic mass is 10.1. The summed E-state index contributed by atoms with van der Waals surface area (Å²) < 4.78 is 5.75. The van der Waals surface area contributed by atoms with Gasteiger partial charge in [0.1, 0.15) is 12.4 Å². The zero-order valence-electron chi connectivity index (χ0n) is 14.8. The Hall–Kier alpha value is -2.41. The van der Waals surface area contributed by atoms with E-state index in [0.29, 0.717) is 17.9 Å². The van der Waals surface area contributed by atoms with Gasteiger partial charge in [0.2, 0.25) is 0 Å². The van der Waals surface area contributed by atoms with Gasteiger partial charge in [0, 0.05) is 23.5 Å². The van der Waals surface area contributed by atoms with Crippen molar-refractivity contribution in [3.8, 4) is 5.75 Å². The number of thiazole rings is 1. The first kappa shape index (κ1) is 18.4. The number of aryl methyl sites for hydroxylation is 1. The van der Waals surface area contributed by atoms with E-state index in [-0.39, 0.29) is 18.5 Å². The highest BCUT2D eigenvalue weighted by Gasteiger charge is 2.35. The molecule has 6 nitrogen and oxygen atoms in total. The highest BCUT2D eigenvalue weighted by molar-refractivity contribution is 7.09. The van der Waals surface area contributed by atoms with Crippen LogP contribution in [0.2, 0.25) is 0 Å². The largest absolute Gasteiger partial charge is 0.487 e. The number of carboxylic acids is 1. The molecule has 1 unspecified atom stereocenters. The Labute approximate surface area is 156 Å². The van der Waals surface area contributed by atoms with Crippen molar-refractivity contribution in [2.24, 2.45) is 5.92 Å². The Kier molecular flexibility index (Phi) is 5.56. The first-order valence-electron chi connectivity index (χ1n) is 8.61. The molecule has 2 aromatic rings. The van der Waals surface area contributed by atoms with Crippen LogP contribution in [0.1, 0.15) is 40.8 Å². The second-order valence-electron chi connectivity index (χ2n) is 6.60. The number of aromatic nitrogens is 1. The Morgan fingerprint density at radius 3 is 2.81 bits per heavy atom. The third-order valence-corrected chi connectivity index (χ3v) is 5.10. The predicted octanol–water partition coefficient (Wildman–Crippen LogP) is 3.36. The average molecular weight is 374 g/mol. The van der Waals surface area contributed by atoms with E-state index in [0.717, 1.165) is 23.5 Å². The number of ether oxygens (including phenoxy) is 1. The summed E-state index contributed by atoms with van der Waals surface area (Å²) in [4.78, 5) is 30.1. The summed E-state index contributed by atoms with van der Waals surface area (Å²) in [6.07, 6.45) is 1.86. The summed E-state index contributed by atoms with van der Waals surface area (Å²) in [6.45, 7) is 4.14. The molecule has 1 fully saturated rings. The van der Waals surface area contributed by atoms with Crippen LogP contribution in [0.5, 0.6) is 5.75 Å². The fourth-order valence-corrected chi connectivity index (χ4v) is 3.27. The molecule has 26 heavy (non-hydrogen) atoms. The van der Waals surface area contributed by atoms with E-state index in [2.05, 4.69) is 4.98 Å². The number of hydrogen-bond acceptors (Lipinski definition) is 5. The van der Waals surface area contributed by atoms with Crippen LogP contribution in [0.25, 0.3) is 0 Å². The van der Waals surface area contributed by atoms with Crippen molar-refractivity contribution in [3.05, 3.63) is 45.9 Å². The zero-order chi connectivity index (χ0) is 18.7. The molecule has 1 aliphatic rings. The third-order valence-electron chi connectivity index (χ3n) is 4.27. The number of aliphatic carboxylic acids is 1. The molecule has 0 saturated heterocycles. The van der Waals surface area contributed by atoms with Gasteiger partial charge in [-0.05, 0) is 38.0 Å². The summed E-state index contributed by atoms with van der Waals surface area (Å²) in [5, 5.41) is 12.1. The fourth-order valence-electron chi connectivity index (χ4n) is 2.67. The van der Waals surface area contributed by atoms with Crippen LogP contribution >= 0.6 is 11.3 Å². The number of carbonyl (C=O) groups excluding carboxylic acids is 1. The topological polar surface area (TPSA) is 79.7 Å². The summed E-state index contributed by atoms with van der Waals surface area (Å²) in [7, 11) is 0. The van der Waals surface area contributed by atoms with Crippen molar-refractivity contribution in [3.63, 3.8) is 0 Å². The maximum Gasteiger partial charge on any atom is 0.308 e. The van der Waals surface area contributed by atoms with Gasteiger partial charge in [0.15, 0.2) is 0 Å². The van der Waals surface area contributed by atoms with Crippen molar-refractivity contribution in [2.75, 3.05) is 6.54 Å². The van der Waals surface area contributed by atoms with Gasteiger partial charge in [-0.15, -0.1) is 11.3 Å². The highest BCUT2D eigenvalue weighted by Crippen LogP contribution is 2.29. The van der Waals surface area contributed by atoms with Gasteiger partial charge in [0.05, 0.1) is 16.6 Å². The van der Waals surface area contributed by atoms with E-state index in [1.807, 2.05) is 12.3 Å². The number of nitrogens with zero attached hydrogens (tertiary/aromatic N) is 2. The van der Waals surface area contributed by atoms with Crippen molar-refractivity contribution in [1.82, 2.24) is 9.88 Å². The first-order chi connectivity index (χ1) is 12.4. The molecule has 3 rings (SSSR count). The molecule has 0 aliphatic heterocycles. The monoisotopic (exact) mass is 374 g/mol. The third kappa shape index (κ3) is 4.60. The number of hydrogen-bond donors (Lipinski definition) is 1. The van der Waals surface area contributed by atoms with Crippen LogP contribution in [0.3, 0.4) is 0 Å². The van der Waals surface area contributed by atoms with Gasteiger partial charge in [-0.2, -0.15) is 0 Å². The van der Waals surface area contributed by atoms with E-state index in [9.17, 15) is 9.59 Å². The van der Waals surface area contributed by atoms with Crippen LogP contribution in [-0.2, 0) is 11.4 Å². The summed E-state index contributed by atoms with van der Waals surface area (Å²) in [5.41, 5.74) is 1.38. The Bertz CT molecular complexity index is 800. The quantitative estimate of drug-likeness (QED) is 0.766. The second kappa shape index (κ2) is 7.86. The zero-order valence-corrected chi connectivity index (χ0v) is 15.7. The molecule has 1 aromatic carbocycles. The maximum atomic E-state index is 12.9. The van der Waals surface area contributed by atoms with Crippen molar-refractivity contribution in [1.29, 1.82) is 0 Å². The van der Waals surface area contributed by atoms with Gasteiger partial charge in [-0.1, -0.05) is 13.0 Å². The van der Waals surface area contributed by atoms with Crippen LogP contribution in [0.15, 0.2) is 29.6 Å². The number of carboxylic acid groups (broad SMARTS) is 1. The molecule has 1 aliphatic carbocycles. The number of rotatable bonds is 8. The lowest BCUT2D eigenvalue weighted by molar-refractivity contribution is -0.141. The molecule has 0 bridgehead atoms. The van der Waals surface area contributed by atoms with Gasteiger partial charge >= 0.3 is 5.97 Å². The molecular weight excluding hydrogens is 352 g/mol. The first-order valence-corrected chi connectivity index (χ1v) is 9.49. The fraction of sp³-hybridized carbons (Fsp3) is 0.421. The molecule has 1 atom stereocenters. The number of carbonyl (C=O) groups is 2.